The Bertz CT molecular complexity index is 1600. The van der Waals surface area contributed by atoms with Crippen LogP contribution in [0.5, 0.6) is 5.75 Å². The molecule has 3 amide bonds. The minimum Gasteiger partial charge on any atom is -0.496 e. The van der Waals surface area contributed by atoms with E-state index in [0.717, 1.165) is 16.1 Å². The number of esters is 1. The normalized spacial score (nSPS) is 16.3. The van der Waals surface area contributed by atoms with E-state index in [4.69, 9.17) is 14.2 Å². The van der Waals surface area contributed by atoms with Crippen molar-refractivity contribution < 1.29 is 33.4 Å². The predicted octanol–water partition coefficient (Wildman–Crippen LogP) is 7.26. The smallest absolute Gasteiger partial charge is 0.439 e. The van der Waals surface area contributed by atoms with Crippen LogP contribution >= 0.6 is 0 Å². The topological polar surface area (TPSA) is 102 Å². The highest BCUT2D eigenvalue weighted by Crippen LogP contribution is 2.40. The van der Waals surface area contributed by atoms with Crippen molar-refractivity contribution in [3.05, 3.63) is 99.6 Å². The molecule has 0 radical (unpaired) electrons. The molecule has 1 aliphatic carbocycles. The maximum Gasteiger partial charge on any atom is 0.439 e. The number of methoxy groups -OCH3 is 1. The summed E-state index contributed by atoms with van der Waals surface area (Å²) in [6.07, 6.45) is -1.96. The van der Waals surface area contributed by atoms with E-state index < -0.39 is 35.7 Å². The highest BCUT2D eigenvalue weighted by molar-refractivity contribution is 6.07. The Kier molecular flexibility index (Phi) is 9.71. The molecule has 3 aromatic rings. The zero-order chi connectivity index (χ0) is 33.2. The number of hydrazine groups is 1. The van der Waals surface area contributed by atoms with E-state index in [1.807, 2.05) is 32.9 Å². The lowest BCUT2D eigenvalue weighted by Gasteiger charge is -2.42. The minimum absolute atomic E-state index is 0.130. The second-order valence-electron chi connectivity index (χ2n) is 12.7. The van der Waals surface area contributed by atoms with Crippen LogP contribution in [0.25, 0.3) is 0 Å². The van der Waals surface area contributed by atoms with Gasteiger partial charge in [0.15, 0.2) is 0 Å². The predicted molar refractivity (Wildman–Crippen MR) is 170 cm³/mol. The maximum absolute atomic E-state index is 14.5. The summed E-state index contributed by atoms with van der Waals surface area (Å²) in [4.78, 5) is 56.2. The number of carbonyl (C=O) groups excluding carboxylic acids is 4. The third-order valence-electron chi connectivity index (χ3n) is 7.88. The monoisotopic (exact) mass is 614 g/mol. The van der Waals surface area contributed by atoms with E-state index in [-0.39, 0.29) is 17.4 Å². The molecule has 0 N–H and O–H groups in total. The number of amides is 3. The third kappa shape index (κ3) is 7.36. The average molecular weight is 615 g/mol. The van der Waals surface area contributed by atoms with E-state index in [1.54, 1.807) is 83.1 Å². The number of benzene rings is 3. The highest BCUT2D eigenvalue weighted by atomic mass is 16.7. The van der Waals surface area contributed by atoms with Crippen LogP contribution in [0.4, 0.5) is 4.79 Å². The molecule has 3 unspecified atom stereocenters. The molecule has 0 aromatic heterocycles. The van der Waals surface area contributed by atoms with Gasteiger partial charge in [-0.3, -0.25) is 14.4 Å². The van der Waals surface area contributed by atoms with Crippen LogP contribution in [0.3, 0.4) is 0 Å². The number of aryl methyl sites for hydroxylation is 3. The lowest BCUT2D eigenvalue weighted by atomic mass is 10.0. The number of carbonyl (C=O) groups is 4. The van der Waals surface area contributed by atoms with Crippen molar-refractivity contribution in [2.75, 3.05) is 7.11 Å². The summed E-state index contributed by atoms with van der Waals surface area (Å²) in [5.41, 5.74) is 2.65. The van der Waals surface area contributed by atoms with Crippen molar-refractivity contribution in [3.8, 4) is 5.75 Å². The number of ether oxygens (including phenoxy) is 3. The summed E-state index contributed by atoms with van der Waals surface area (Å²) in [7, 11) is 1.48. The van der Waals surface area contributed by atoms with Gasteiger partial charge in [0, 0.05) is 22.3 Å². The zero-order valence-corrected chi connectivity index (χ0v) is 27.5. The van der Waals surface area contributed by atoms with Gasteiger partial charge in [0.1, 0.15) is 5.75 Å². The highest BCUT2D eigenvalue weighted by Gasteiger charge is 2.45. The van der Waals surface area contributed by atoms with Crippen LogP contribution in [-0.2, 0) is 14.3 Å². The number of hydrogen-bond donors (Lipinski definition) is 0. The van der Waals surface area contributed by atoms with Crippen molar-refractivity contribution in [3.63, 3.8) is 0 Å². The molecule has 3 atom stereocenters. The van der Waals surface area contributed by atoms with Gasteiger partial charge in [0.2, 0.25) is 0 Å². The Labute approximate surface area is 265 Å². The molecule has 0 spiro atoms. The van der Waals surface area contributed by atoms with Crippen molar-refractivity contribution >= 4 is 23.9 Å². The van der Waals surface area contributed by atoms with Crippen molar-refractivity contribution in [1.82, 2.24) is 10.0 Å². The Morgan fingerprint density at radius 2 is 1.47 bits per heavy atom. The molecule has 1 saturated carbocycles. The molecule has 9 heteroatoms. The molecular weight excluding hydrogens is 572 g/mol. The fraction of sp³-hybridized carbons (Fsp3) is 0.389. The lowest BCUT2D eigenvalue weighted by Crippen LogP contribution is -2.60. The van der Waals surface area contributed by atoms with Crippen molar-refractivity contribution in [1.29, 1.82) is 0 Å². The molecule has 0 aliphatic heterocycles. The summed E-state index contributed by atoms with van der Waals surface area (Å²) in [5.74, 6) is -1.60. The summed E-state index contributed by atoms with van der Waals surface area (Å²) in [5, 5.41) is 1.81. The van der Waals surface area contributed by atoms with Gasteiger partial charge in [-0.15, -0.1) is 5.01 Å². The summed E-state index contributed by atoms with van der Waals surface area (Å²) in [6, 6.07) is 17.3. The Hall–Kier alpha value is -4.66. The van der Waals surface area contributed by atoms with Crippen LogP contribution in [0, 0.1) is 39.5 Å². The van der Waals surface area contributed by atoms with Crippen LogP contribution < -0.4 is 4.74 Å². The van der Waals surface area contributed by atoms with Crippen molar-refractivity contribution in [2.24, 2.45) is 11.8 Å². The molecule has 3 aromatic carbocycles. The first-order chi connectivity index (χ1) is 21.1. The lowest BCUT2D eigenvalue weighted by molar-refractivity contribution is -0.174. The fourth-order valence-corrected chi connectivity index (χ4v) is 5.34. The molecule has 0 saturated heterocycles. The van der Waals surface area contributed by atoms with Crippen LogP contribution in [0.15, 0.2) is 60.7 Å². The standard InChI is InChI=1S/C36H42N2O7/c1-21-17-22(2)19-26(18-21)31(39)38(36(6,7)8)37(32(40)28-15-12-16-30(43-9)25(28)5)35(42)45-34(27-14-11-10-13-23(27)3)44-33(41)29-20-24(29)4/h10-19,24,29,34H,20H2,1-9H3. The second-order valence-corrected chi connectivity index (χ2v) is 12.7. The first kappa shape index (κ1) is 33.2. The first-order valence-corrected chi connectivity index (χ1v) is 15.0. The minimum atomic E-state index is -1.46. The van der Waals surface area contributed by atoms with E-state index >= 15 is 0 Å². The molecule has 45 heavy (non-hydrogen) atoms. The number of rotatable bonds is 7. The van der Waals surface area contributed by atoms with E-state index in [1.165, 1.54) is 7.11 Å². The maximum atomic E-state index is 14.5. The van der Waals surface area contributed by atoms with Crippen molar-refractivity contribution in [2.45, 2.75) is 73.6 Å². The first-order valence-electron chi connectivity index (χ1n) is 15.0. The summed E-state index contributed by atoms with van der Waals surface area (Å²) >= 11 is 0. The van der Waals surface area contributed by atoms with Crippen LogP contribution in [-0.4, -0.2) is 46.5 Å². The van der Waals surface area contributed by atoms with Gasteiger partial charge < -0.3 is 14.2 Å². The summed E-state index contributed by atoms with van der Waals surface area (Å²) in [6.45, 7) is 14.3. The number of imide groups is 1. The molecule has 1 fully saturated rings. The van der Waals surface area contributed by atoms with Crippen LogP contribution in [0.1, 0.15) is 88.9 Å². The Balaban J connectivity index is 1.85. The third-order valence-corrected chi connectivity index (χ3v) is 7.88. The molecule has 4 rings (SSSR count). The van der Waals surface area contributed by atoms with E-state index in [0.29, 0.717) is 39.4 Å². The molecular formula is C36H42N2O7. The zero-order valence-electron chi connectivity index (χ0n) is 27.5. The second kappa shape index (κ2) is 13.1. The number of nitrogens with zero attached hydrogens (tertiary/aromatic N) is 2. The van der Waals surface area contributed by atoms with Gasteiger partial charge in [0.05, 0.1) is 18.6 Å². The van der Waals surface area contributed by atoms with Gasteiger partial charge >= 0.3 is 12.1 Å². The van der Waals surface area contributed by atoms with E-state index in [9.17, 15) is 19.2 Å². The molecule has 0 bridgehead atoms. The Morgan fingerprint density at radius 1 is 0.844 bits per heavy atom. The molecule has 1 aliphatic rings. The van der Waals surface area contributed by atoms with Gasteiger partial charge in [-0.05, 0) is 90.6 Å². The number of hydrogen-bond acceptors (Lipinski definition) is 7. The van der Waals surface area contributed by atoms with Crippen LogP contribution in [0.2, 0.25) is 0 Å². The molecule has 9 nitrogen and oxygen atoms in total. The quantitative estimate of drug-likeness (QED) is 0.157. The molecule has 0 heterocycles. The SMILES string of the molecule is COc1cccc(C(=O)N(C(=O)OC(OC(=O)C2CC2C)c2ccccc2C)N(C(=O)c2cc(C)cc(C)c2)C(C)(C)C)c1C. The Morgan fingerprint density at radius 3 is 2.02 bits per heavy atom. The van der Waals surface area contributed by atoms with E-state index in [2.05, 4.69) is 0 Å². The van der Waals surface area contributed by atoms with Gasteiger partial charge in [-0.2, -0.15) is 0 Å². The van der Waals surface area contributed by atoms with Gasteiger partial charge in [0.25, 0.3) is 18.1 Å². The summed E-state index contributed by atoms with van der Waals surface area (Å²) < 4.78 is 17.1. The largest absolute Gasteiger partial charge is 0.496 e. The molecule has 238 valence electrons. The average Bonchev–Trinajstić information content (AvgIpc) is 3.70. The van der Waals surface area contributed by atoms with Gasteiger partial charge in [-0.25, -0.2) is 9.80 Å². The fourth-order valence-electron chi connectivity index (χ4n) is 5.34. The van der Waals surface area contributed by atoms with Gasteiger partial charge in [-0.1, -0.05) is 54.4 Å².